The molecule has 2 unspecified atom stereocenters. The van der Waals surface area contributed by atoms with Crippen LogP contribution in [0.15, 0.2) is 0 Å². The van der Waals surface area contributed by atoms with Crippen LogP contribution in [0, 0.1) is 5.92 Å². The van der Waals surface area contributed by atoms with Gasteiger partial charge in [-0.25, -0.2) is 0 Å². The molecule has 1 heterocycles. The van der Waals surface area contributed by atoms with E-state index in [0.717, 1.165) is 6.42 Å². The van der Waals surface area contributed by atoms with Gasteiger partial charge < -0.3 is 14.6 Å². The summed E-state index contributed by atoms with van der Waals surface area (Å²) in [5.74, 6) is -0.910. The van der Waals surface area contributed by atoms with Crippen molar-refractivity contribution < 1.29 is 19.4 Å². The molecule has 0 aliphatic carbocycles. The van der Waals surface area contributed by atoms with Crippen molar-refractivity contribution in [3.63, 3.8) is 0 Å². The van der Waals surface area contributed by atoms with Crippen molar-refractivity contribution in [3.8, 4) is 0 Å². The Kier molecular flexibility index (Phi) is 3.97. The van der Waals surface area contributed by atoms with Crippen LogP contribution in [-0.4, -0.2) is 35.5 Å². The van der Waals surface area contributed by atoms with Crippen LogP contribution < -0.4 is 0 Å². The Hall–Kier alpha value is -0.610. The molecule has 1 N–H and O–H groups in total. The molecule has 2 atom stereocenters. The average molecular weight is 230 g/mol. The zero-order valence-electron chi connectivity index (χ0n) is 10.6. The molecule has 0 aromatic carbocycles. The van der Waals surface area contributed by atoms with Gasteiger partial charge in [0.2, 0.25) is 0 Å². The molecule has 1 fully saturated rings. The van der Waals surface area contributed by atoms with Crippen molar-refractivity contribution in [2.45, 2.75) is 51.7 Å². The van der Waals surface area contributed by atoms with Gasteiger partial charge in [-0.1, -0.05) is 0 Å². The zero-order valence-corrected chi connectivity index (χ0v) is 10.6. The van der Waals surface area contributed by atoms with Gasteiger partial charge >= 0.3 is 5.97 Å². The van der Waals surface area contributed by atoms with E-state index in [0.29, 0.717) is 13.0 Å². The topological polar surface area (TPSA) is 55.8 Å². The van der Waals surface area contributed by atoms with Crippen LogP contribution in [0.4, 0.5) is 0 Å². The van der Waals surface area contributed by atoms with Crippen LogP contribution in [0.1, 0.15) is 40.5 Å². The Morgan fingerprint density at radius 2 is 2.12 bits per heavy atom. The summed E-state index contributed by atoms with van der Waals surface area (Å²) in [6.45, 7) is 8.02. The Morgan fingerprint density at radius 1 is 1.50 bits per heavy atom. The van der Waals surface area contributed by atoms with Crippen molar-refractivity contribution in [2.75, 3.05) is 13.2 Å². The number of carbonyl (C=O) groups is 1. The lowest BCUT2D eigenvalue weighted by atomic mass is 9.84. The van der Waals surface area contributed by atoms with Gasteiger partial charge in [-0.2, -0.15) is 0 Å². The van der Waals surface area contributed by atoms with E-state index in [4.69, 9.17) is 9.47 Å². The Labute approximate surface area is 96.9 Å². The van der Waals surface area contributed by atoms with E-state index < -0.39 is 17.1 Å². The second kappa shape index (κ2) is 4.72. The van der Waals surface area contributed by atoms with Gasteiger partial charge in [-0.05, 0) is 40.5 Å². The van der Waals surface area contributed by atoms with Gasteiger partial charge in [0.1, 0.15) is 11.2 Å². The molecule has 1 aliphatic rings. The summed E-state index contributed by atoms with van der Waals surface area (Å²) < 4.78 is 10.5. The van der Waals surface area contributed by atoms with Gasteiger partial charge in [0.05, 0.1) is 12.5 Å². The average Bonchev–Trinajstić information content (AvgIpc) is 2.15. The zero-order chi connectivity index (χ0) is 12.4. The molecular formula is C12H22O4. The largest absolute Gasteiger partial charge is 0.460 e. The van der Waals surface area contributed by atoms with Crippen LogP contribution in [0.2, 0.25) is 0 Å². The smallest absolute Gasteiger partial charge is 0.312 e. The second-order valence-corrected chi connectivity index (χ2v) is 5.51. The predicted octanol–water partition coefficient (Wildman–Crippen LogP) is 1.51. The standard InChI is InChI=1S/C12H22O4/c1-9(10(13)16-11(2,3)4)12(14)6-5-7-15-8-12/h9,14H,5-8H2,1-4H3. The summed E-state index contributed by atoms with van der Waals surface area (Å²) in [6.07, 6.45) is 1.37. The number of esters is 1. The molecule has 0 saturated carbocycles. The lowest BCUT2D eigenvalue weighted by Crippen LogP contribution is -2.49. The van der Waals surface area contributed by atoms with Crippen LogP contribution in [0.5, 0.6) is 0 Å². The second-order valence-electron chi connectivity index (χ2n) is 5.51. The number of carbonyl (C=O) groups excluding carboxylic acids is 1. The highest BCUT2D eigenvalue weighted by Gasteiger charge is 2.41. The highest BCUT2D eigenvalue weighted by molar-refractivity contribution is 5.74. The number of hydrogen-bond acceptors (Lipinski definition) is 4. The molecule has 0 aromatic rings. The molecule has 4 nitrogen and oxygen atoms in total. The number of hydrogen-bond donors (Lipinski definition) is 1. The summed E-state index contributed by atoms with van der Waals surface area (Å²) in [6, 6.07) is 0. The molecule has 0 amide bonds. The van der Waals surface area contributed by atoms with Crippen LogP contribution in [-0.2, 0) is 14.3 Å². The van der Waals surface area contributed by atoms with Gasteiger partial charge in [0.25, 0.3) is 0 Å². The fourth-order valence-electron chi connectivity index (χ4n) is 1.75. The van der Waals surface area contributed by atoms with E-state index in [1.807, 2.05) is 20.8 Å². The maximum absolute atomic E-state index is 11.8. The third-order valence-electron chi connectivity index (χ3n) is 2.82. The molecule has 0 bridgehead atoms. The molecule has 0 spiro atoms. The van der Waals surface area contributed by atoms with Crippen molar-refractivity contribution in [1.82, 2.24) is 0 Å². The minimum Gasteiger partial charge on any atom is -0.460 e. The monoisotopic (exact) mass is 230 g/mol. The number of ether oxygens (including phenoxy) is 2. The Bertz CT molecular complexity index is 248. The molecule has 0 radical (unpaired) electrons. The molecule has 1 rings (SSSR count). The Balaban J connectivity index is 2.61. The van der Waals surface area contributed by atoms with Crippen LogP contribution in [0.25, 0.3) is 0 Å². The third-order valence-corrected chi connectivity index (χ3v) is 2.82. The molecule has 1 aliphatic heterocycles. The van der Waals surface area contributed by atoms with Gasteiger partial charge in [-0.15, -0.1) is 0 Å². The molecular weight excluding hydrogens is 208 g/mol. The van der Waals surface area contributed by atoms with E-state index in [2.05, 4.69) is 0 Å². The third kappa shape index (κ3) is 3.46. The van der Waals surface area contributed by atoms with Gasteiger partial charge in [0, 0.05) is 6.61 Å². The van der Waals surface area contributed by atoms with E-state index >= 15 is 0 Å². The van der Waals surface area contributed by atoms with Crippen molar-refractivity contribution >= 4 is 5.97 Å². The van der Waals surface area contributed by atoms with Crippen molar-refractivity contribution in [2.24, 2.45) is 5.92 Å². The molecule has 94 valence electrons. The quantitative estimate of drug-likeness (QED) is 0.730. The van der Waals surface area contributed by atoms with E-state index in [9.17, 15) is 9.90 Å². The Morgan fingerprint density at radius 3 is 2.56 bits per heavy atom. The normalized spacial score (nSPS) is 28.6. The van der Waals surface area contributed by atoms with Crippen molar-refractivity contribution in [3.05, 3.63) is 0 Å². The lowest BCUT2D eigenvalue weighted by molar-refractivity contribution is -0.178. The first-order valence-corrected chi connectivity index (χ1v) is 5.78. The highest BCUT2D eigenvalue weighted by Crippen LogP contribution is 2.29. The van der Waals surface area contributed by atoms with Gasteiger partial charge in [-0.3, -0.25) is 4.79 Å². The number of aliphatic hydroxyl groups is 1. The van der Waals surface area contributed by atoms with E-state index in [1.54, 1.807) is 6.92 Å². The molecule has 1 saturated heterocycles. The summed E-state index contributed by atoms with van der Waals surface area (Å²) >= 11 is 0. The van der Waals surface area contributed by atoms with Gasteiger partial charge in [0.15, 0.2) is 0 Å². The summed E-state index contributed by atoms with van der Waals surface area (Å²) in [7, 11) is 0. The van der Waals surface area contributed by atoms with Crippen molar-refractivity contribution in [1.29, 1.82) is 0 Å². The maximum atomic E-state index is 11.8. The fourth-order valence-corrected chi connectivity index (χ4v) is 1.75. The maximum Gasteiger partial charge on any atom is 0.312 e. The van der Waals surface area contributed by atoms with Crippen LogP contribution >= 0.6 is 0 Å². The van der Waals surface area contributed by atoms with E-state index in [-0.39, 0.29) is 12.6 Å². The minimum absolute atomic E-state index is 0.216. The lowest BCUT2D eigenvalue weighted by Gasteiger charge is -2.36. The summed E-state index contributed by atoms with van der Waals surface area (Å²) in [5.41, 5.74) is -1.59. The first-order chi connectivity index (χ1) is 7.25. The first-order valence-electron chi connectivity index (χ1n) is 5.78. The summed E-state index contributed by atoms with van der Waals surface area (Å²) in [5, 5.41) is 10.3. The summed E-state index contributed by atoms with van der Waals surface area (Å²) in [4.78, 5) is 11.8. The number of rotatable bonds is 2. The predicted molar refractivity (Wildman–Crippen MR) is 60.0 cm³/mol. The first kappa shape index (κ1) is 13.5. The molecule has 4 heteroatoms. The van der Waals surface area contributed by atoms with E-state index in [1.165, 1.54) is 0 Å². The van der Waals surface area contributed by atoms with Crippen LogP contribution in [0.3, 0.4) is 0 Å². The fraction of sp³-hybridized carbons (Fsp3) is 0.917. The SMILES string of the molecule is CC(C(=O)OC(C)(C)C)C1(O)CCCOC1. The minimum atomic E-state index is -1.07. The molecule has 0 aromatic heterocycles. The molecule has 16 heavy (non-hydrogen) atoms. The highest BCUT2D eigenvalue weighted by atomic mass is 16.6.